The molecule has 0 aliphatic rings. The Bertz CT molecular complexity index is 615. The van der Waals surface area contributed by atoms with Crippen LogP contribution in [0.3, 0.4) is 0 Å². The smallest absolute Gasteiger partial charge is 0.0384 e. The highest BCUT2D eigenvalue weighted by atomic mass is 32.1. The first-order chi connectivity index (χ1) is 7.27. The van der Waals surface area contributed by atoms with Crippen molar-refractivity contribution in [1.29, 1.82) is 0 Å². The molecule has 1 aromatic carbocycles. The molecule has 1 heteroatoms. The third kappa shape index (κ3) is 1.64. The lowest BCUT2D eigenvalue weighted by molar-refractivity contribution is 1.55. The summed E-state index contributed by atoms with van der Waals surface area (Å²) < 4.78 is 2.69. The molecule has 0 saturated heterocycles. The first-order valence-electron chi connectivity index (χ1n) is 5.05. The first kappa shape index (κ1) is 10.2. The number of hydrogen-bond acceptors (Lipinski definition) is 1. The number of benzene rings is 1. The van der Waals surface area contributed by atoms with Crippen LogP contribution in [0.4, 0.5) is 0 Å². The number of hydrogen-bond donors (Lipinski definition) is 0. The maximum atomic E-state index is 3.76. The molecule has 1 aromatic heterocycles. The van der Waals surface area contributed by atoms with Crippen LogP contribution in [0.15, 0.2) is 30.9 Å². The minimum Gasteiger partial charge on any atom is -0.135 e. The predicted molar refractivity (Wildman–Crippen MR) is 70.6 cm³/mol. The Morgan fingerprint density at radius 1 is 1.33 bits per heavy atom. The monoisotopic (exact) mass is 214 g/mol. The average molecular weight is 214 g/mol. The molecule has 2 rings (SSSR count). The van der Waals surface area contributed by atoms with Crippen LogP contribution in [0.2, 0.25) is 0 Å². The summed E-state index contributed by atoms with van der Waals surface area (Å²) >= 11 is 1.84. The Balaban J connectivity index is 3.05. The molecule has 0 atom stereocenters. The Morgan fingerprint density at radius 3 is 2.80 bits per heavy atom. The molecule has 0 bridgehead atoms. The molecule has 1 heterocycles. The van der Waals surface area contributed by atoms with Gasteiger partial charge in [0.15, 0.2) is 0 Å². The molecule has 0 N–H and O–H groups in total. The van der Waals surface area contributed by atoms with Crippen molar-refractivity contribution in [2.45, 2.75) is 13.8 Å². The number of aryl methyl sites for hydroxylation is 1. The van der Waals surface area contributed by atoms with Gasteiger partial charge >= 0.3 is 0 Å². The quantitative estimate of drug-likeness (QED) is 0.684. The zero-order chi connectivity index (χ0) is 10.8. The topological polar surface area (TPSA) is 0 Å². The van der Waals surface area contributed by atoms with Gasteiger partial charge in [0.25, 0.3) is 0 Å². The normalized spacial score (nSPS) is 13.7. The fourth-order valence-corrected chi connectivity index (χ4v) is 3.07. The summed E-state index contributed by atoms with van der Waals surface area (Å²) in [4.78, 5) is 0. The Hall–Kier alpha value is -1.34. The number of allylic oxidation sites excluding steroid dienone is 1. The van der Waals surface area contributed by atoms with Crippen LogP contribution in [0.1, 0.15) is 12.5 Å². The van der Waals surface area contributed by atoms with Gasteiger partial charge < -0.3 is 0 Å². The van der Waals surface area contributed by atoms with E-state index in [1.165, 1.54) is 25.4 Å². The van der Waals surface area contributed by atoms with Gasteiger partial charge in [0.05, 0.1) is 0 Å². The van der Waals surface area contributed by atoms with E-state index in [1.54, 1.807) is 0 Å². The van der Waals surface area contributed by atoms with Gasteiger partial charge in [0.2, 0.25) is 0 Å². The molecule has 2 aromatic rings. The third-order valence-corrected chi connectivity index (χ3v) is 3.86. The summed E-state index contributed by atoms with van der Waals surface area (Å²) in [5.74, 6) is 0. The zero-order valence-electron chi connectivity index (χ0n) is 9.08. The standard InChI is InChI=1S/C14H14S/c1-4-7-13-11(5-2)12-9-6-8-10(3)14(12)15-13/h4-9H,1H2,2-3H3/b11-5-,13-7+. The van der Waals surface area contributed by atoms with E-state index in [4.69, 9.17) is 0 Å². The van der Waals surface area contributed by atoms with Gasteiger partial charge in [-0.1, -0.05) is 36.9 Å². The Kier molecular flexibility index (Phi) is 2.74. The van der Waals surface area contributed by atoms with Crippen molar-refractivity contribution in [3.05, 3.63) is 46.2 Å². The van der Waals surface area contributed by atoms with E-state index in [2.05, 4.69) is 50.8 Å². The van der Waals surface area contributed by atoms with E-state index in [1.807, 2.05) is 17.4 Å². The van der Waals surface area contributed by atoms with Crippen LogP contribution in [0.25, 0.3) is 22.2 Å². The van der Waals surface area contributed by atoms with E-state index in [9.17, 15) is 0 Å². The van der Waals surface area contributed by atoms with Crippen LogP contribution in [0, 0.1) is 6.92 Å². The molecular formula is C14H14S. The minimum absolute atomic E-state index is 1.30. The van der Waals surface area contributed by atoms with Crippen molar-refractivity contribution >= 4 is 33.6 Å². The number of thiophene rings is 1. The van der Waals surface area contributed by atoms with Crippen molar-refractivity contribution in [3.63, 3.8) is 0 Å². The van der Waals surface area contributed by atoms with Gasteiger partial charge in [-0.2, -0.15) is 0 Å². The van der Waals surface area contributed by atoms with Gasteiger partial charge in [0, 0.05) is 14.6 Å². The molecule has 0 nitrogen and oxygen atoms in total. The molecule has 0 spiro atoms. The van der Waals surface area contributed by atoms with Crippen LogP contribution < -0.4 is 9.75 Å². The maximum absolute atomic E-state index is 3.76. The maximum Gasteiger partial charge on any atom is 0.0384 e. The summed E-state index contributed by atoms with van der Waals surface area (Å²) in [7, 11) is 0. The summed E-state index contributed by atoms with van der Waals surface area (Å²) in [6.45, 7) is 8.01. The minimum atomic E-state index is 1.30. The molecule has 76 valence electrons. The van der Waals surface area contributed by atoms with Gasteiger partial charge in [-0.15, -0.1) is 11.3 Å². The predicted octanol–water partition coefficient (Wildman–Crippen LogP) is 2.98. The lowest BCUT2D eigenvalue weighted by atomic mass is 10.1. The molecule has 0 aliphatic heterocycles. The van der Waals surface area contributed by atoms with Gasteiger partial charge in [-0.3, -0.25) is 0 Å². The summed E-state index contributed by atoms with van der Waals surface area (Å²) in [6.07, 6.45) is 6.11. The molecule has 0 saturated carbocycles. The molecule has 15 heavy (non-hydrogen) atoms. The van der Waals surface area contributed by atoms with E-state index >= 15 is 0 Å². The molecule has 0 unspecified atom stereocenters. The van der Waals surface area contributed by atoms with E-state index in [0.29, 0.717) is 0 Å². The summed E-state index contributed by atoms with van der Waals surface area (Å²) in [6, 6.07) is 6.47. The largest absolute Gasteiger partial charge is 0.135 e. The van der Waals surface area contributed by atoms with Crippen LogP contribution in [-0.4, -0.2) is 0 Å². The van der Waals surface area contributed by atoms with Crippen molar-refractivity contribution in [2.75, 3.05) is 0 Å². The highest BCUT2D eigenvalue weighted by Crippen LogP contribution is 2.17. The van der Waals surface area contributed by atoms with E-state index in [-0.39, 0.29) is 0 Å². The van der Waals surface area contributed by atoms with Gasteiger partial charge in [0.1, 0.15) is 0 Å². The van der Waals surface area contributed by atoms with E-state index in [0.717, 1.165) is 0 Å². The lowest BCUT2D eigenvalue weighted by Gasteiger charge is -1.92. The van der Waals surface area contributed by atoms with Crippen LogP contribution in [-0.2, 0) is 0 Å². The van der Waals surface area contributed by atoms with Gasteiger partial charge in [-0.05, 0) is 30.7 Å². The van der Waals surface area contributed by atoms with Crippen LogP contribution in [0.5, 0.6) is 0 Å². The third-order valence-electron chi connectivity index (χ3n) is 2.54. The van der Waals surface area contributed by atoms with Crippen molar-refractivity contribution in [1.82, 2.24) is 0 Å². The number of fused-ring (bicyclic) bond motifs is 1. The number of rotatable bonds is 1. The highest BCUT2D eigenvalue weighted by molar-refractivity contribution is 7.17. The van der Waals surface area contributed by atoms with Crippen molar-refractivity contribution in [2.24, 2.45) is 0 Å². The van der Waals surface area contributed by atoms with Crippen LogP contribution >= 0.6 is 11.3 Å². The molecule has 0 amide bonds. The lowest BCUT2D eigenvalue weighted by Crippen LogP contribution is -2.17. The Labute approximate surface area is 93.9 Å². The van der Waals surface area contributed by atoms with E-state index < -0.39 is 0 Å². The fourth-order valence-electron chi connectivity index (χ4n) is 1.83. The van der Waals surface area contributed by atoms with Crippen molar-refractivity contribution < 1.29 is 0 Å². The summed E-state index contributed by atoms with van der Waals surface area (Å²) in [5.41, 5.74) is 1.35. The second-order valence-electron chi connectivity index (χ2n) is 3.52. The second kappa shape index (κ2) is 4.03. The SMILES string of the molecule is C=C/C=c1/sc2c(C)cccc2/c1=C/C. The molecule has 0 aliphatic carbocycles. The second-order valence-corrected chi connectivity index (χ2v) is 4.57. The molecule has 0 radical (unpaired) electrons. The first-order valence-corrected chi connectivity index (χ1v) is 5.87. The summed E-state index contributed by atoms with van der Waals surface area (Å²) in [5, 5.41) is 2.69. The fraction of sp³-hybridized carbons (Fsp3) is 0.143. The van der Waals surface area contributed by atoms with Gasteiger partial charge in [-0.25, -0.2) is 0 Å². The molecule has 0 fully saturated rings. The average Bonchev–Trinajstić information content (AvgIpc) is 2.58. The molecular weight excluding hydrogens is 200 g/mol. The van der Waals surface area contributed by atoms with Crippen molar-refractivity contribution in [3.8, 4) is 0 Å². The Morgan fingerprint density at radius 2 is 2.13 bits per heavy atom. The zero-order valence-corrected chi connectivity index (χ0v) is 9.90. The highest BCUT2D eigenvalue weighted by Gasteiger charge is 2.01.